The molecular weight excluding hydrogens is 228 g/mol. The minimum absolute atomic E-state index is 0.877. The van der Waals surface area contributed by atoms with Crippen molar-refractivity contribution in [3.63, 3.8) is 0 Å². The topological polar surface area (TPSA) is 0 Å². The molecular formula is C19H18. The molecule has 1 aliphatic carbocycles. The fraction of sp³-hybridized carbons (Fsp3) is 0.158. The Bertz CT molecular complexity index is 647. The zero-order chi connectivity index (χ0) is 13.2. The molecule has 0 aliphatic heterocycles. The van der Waals surface area contributed by atoms with Crippen LogP contribution in [0, 0.1) is 0 Å². The molecule has 0 nitrogen and oxygen atoms in total. The molecule has 0 atom stereocenters. The maximum atomic E-state index is 3.99. The summed E-state index contributed by atoms with van der Waals surface area (Å²) >= 11 is 0. The first kappa shape index (κ1) is 12.0. The number of fused-ring (bicyclic) bond motifs is 1. The summed E-state index contributed by atoms with van der Waals surface area (Å²) in [7, 11) is 0. The monoisotopic (exact) mass is 246 g/mol. The fourth-order valence-electron chi connectivity index (χ4n) is 2.57. The molecule has 2 aromatic carbocycles. The second kappa shape index (κ2) is 4.89. The van der Waals surface area contributed by atoms with E-state index in [1.54, 1.807) is 0 Å². The van der Waals surface area contributed by atoms with Crippen LogP contribution in [0.5, 0.6) is 0 Å². The number of hydrogen-bond acceptors (Lipinski definition) is 0. The van der Waals surface area contributed by atoms with Crippen molar-refractivity contribution in [2.24, 2.45) is 0 Å². The van der Waals surface area contributed by atoms with Crippen molar-refractivity contribution in [3.8, 4) is 11.1 Å². The van der Waals surface area contributed by atoms with Gasteiger partial charge in [-0.3, -0.25) is 0 Å². The van der Waals surface area contributed by atoms with E-state index >= 15 is 0 Å². The van der Waals surface area contributed by atoms with Crippen LogP contribution in [0.1, 0.15) is 16.7 Å². The Kier molecular flexibility index (Phi) is 3.08. The Morgan fingerprint density at radius 1 is 1.00 bits per heavy atom. The van der Waals surface area contributed by atoms with E-state index in [-0.39, 0.29) is 0 Å². The zero-order valence-electron chi connectivity index (χ0n) is 11.2. The highest BCUT2D eigenvalue weighted by atomic mass is 14.2. The molecule has 0 unspecified atom stereocenters. The smallest absolute Gasteiger partial charge is 0.00316 e. The van der Waals surface area contributed by atoms with E-state index in [0.717, 1.165) is 12.0 Å². The predicted molar refractivity (Wildman–Crippen MR) is 82.3 cm³/mol. The van der Waals surface area contributed by atoms with Crippen LogP contribution in [0.3, 0.4) is 0 Å². The largest absolute Gasteiger partial charge is 0.0988 e. The molecule has 0 saturated heterocycles. The van der Waals surface area contributed by atoms with E-state index in [4.69, 9.17) is 0 Å². The maximum Gasteiger partial charge on any atom is -0.00316 e. The van der Waals surface area contributed by atoms with E-state index in [0.29, 0.717) is 0 Å². The van der Waals surface area contributed by atoms with E-state index in [1.807, 2.05) is 6.08 Å². The fourth-order valence-corrected chi connectivity index (χ4v) is 2.57. The predicted octanol–water partition coefficient (Wildman–Crippen LogP) is 4.74. The minimum Gasteiger partial charge on any atom is -0.0988 e. The van der Waals surface area contributed by atoms with Gasteiger partial charge < -0.3 is 0 Å². The molecule has 19 heavy (non-hydrogen) atoms. The second-order valence-electron chi connectivity index (χ2n) is 5.22. The lowest BCUT2D eigenvalue weighted by Crippen LogP contribution is -2.07. The van der Waals surface area contributed by atoms with Gasteiger partial charge >= 0.3 is 0 Å². The first-order valence-corrected chi connectivity index (χ1v) is 6.77. The van der Waals surface area contributed by atoms with E-state index < -0.39 is 0 Å². The SMILES string of the molecule is C=CC(=C)Cc1cccc(-c2ccc3c(c2)CC3)c1. The molecule has 0 bridgehead atoms. The van der Waals surface area contributed by atoms with Crippen LogP contribution in [-0.2, 0) is 19.3 Å². The summed E-state index contributed by atoms with van der Waals surface area (Å²) in [6, 6.07) is 15.6. The van der Waals surface area contributed by atoms with Gasteiger partial charge in [0.25, 0.3) is 0 Å². The highest BCUT2D eigenvalue weighted by molar-refractivity contribution is 5.66. The van der Waals surface area contributed by atoms with Crippen LogP contribution in [-0.4, -0.2) is 0 Å². The summed E-state index contributed by atoms with van der Waals surface area (Å²) in [5.41, 5.74) is 8.01. The van der Waals surface area contributed by atoms with Crippen molar-refractivity contribution in [2.45, 2.75) is 19.3 Å². The van der Waals surface area contributed by atoms with Crippen molar-refractivity contribution in [1.82, 2.24) is 0 Å². The molecule has 1 aliphatic rings. The lowest BCUT2D eigenvalue weighted by molar-refractivity contribution is 0.840. The van der Waals surface area contributed by atoms with Crippen molar-refractivity contribution in [2.75, 3.05) is 0 Å². The number of rotatable bonds is 4. The van der Waals surface area contributed by atoms with Gasteiger partial charge in [-0.2, -0.15) is 0 Å². The summed E-state index contributed by atoms with van der Waals surface area (Å²) < 4.78 is 0. The van der Waals surface area contributed by atoms with Gasteiger partial charge in [-0.15, -0.1) is 0 Å². The summed E-state index contributed by atoms with van der Waals surface area (Å²) in [4.78, 5) is 0. The highest BCUT2D eigenvalue weighted by Gasteiger charge is 2.13. The van der Waals surface area contributed by atoms with Gasteiger partial charge in [0, 0.05) is 0 Å². The van der Waals surface area contributed by atoms with E-state index in [9.17, 15) is 0 Å². The van der Waals surface area contributed by atoms with Crippen molar-refractivity contribution >= 4 is 0 Å². The average molecular weight is 246 g/mol. The summed E-state index contributed by atoms with van der Waals surface area (Å²) in [5, 5.41) is 0. The third-order valence-electron chi connectivity index (χ3n) is 3.85. The van der Waals surface area contributed by atoms with E-state index in [2.05, 4.69) is 55.6 Å². The second-order valence-corrected chi connectivity index (χ2v) is 5.22. The van der Waals surface area contributed by atoms with Crippen molar-refractivity contribution in [1.29, 1.82) is 0 Å². The van der Waals surface area contributed by atoms with Gasteiger partial charge in [-0.05, 0) is 47.1 Å². The maximum absolute atomic E-state index is 3.99. The van der Waals surface area contributed by atoms with Crippen LogP contribution in [0.15, 0.2) is 67.3 Å². The van der Waals surface area contributed by atoms with Crippen molar-refractivity contribution < 1.29 is 0 Å². The number of benzene rings is 2. The minimum atomic E-state index is 0.877. The molecule has 2 aromatic rings. The van der Waals surface area contributed by atoms with Gasteiger partial charge in [0.1, 0.15) is 0 Å². The molecule has 0 aromatic heterocycles. The molecule has 0 radical (unpaired) electrons. The van der Waals surface area contributed by atoms with Crippen LogP contribution in [0.25, 0.3) is 11.1 Å². The Labute approximate surface area is 115 Å². The summed E-state index contributed by atoms with van der Waals surface area (Å²) in [6.45, 7) is 7.75. The lowest BCUT2D eigenvalue weighted by atomic mass is 9.86. The number of allylic oxidation sites excluding steroid dienone is 2. The Balaban J connectivity index is 1.91. The molecule has 0 N–H and O–H groups in total. The third kappa shape index (κ3) is 2.39. The number of aryl methyl sites for hydroxylation is 2. The molecule has 0 fully saturated rings. The third-order valence-corrected chi connectivity index (χ3v) is 3.85. The van der Waals surface area contributed by atoms with Gasteiger partial charge in [-0.25, -0.2) is 0 Å². The van der Waals surface area contributed by atoms with Gasteiger partial charge in [0.2, 0.25) is 0 Å². The Morgan fingerprint density at radius 2 is 1.79 bits per heavy atom. The molecule has 0 amide bonds. The molecule has 0 spiro atoms. The van der Waals surface area contributed by atoms with Crippen LogP contribution in [0.2, 0.25) is 0 Å². The standard InChI is InChI=1S/C19H18/c1-3-14(2)11-15-5-4-6-17(12-15)19-10-8-16-7-9-18(16)13-19/h3-6,8,10,12-13H,1-2,7,9,11H2. The summed E-state index contributed by atoms with van der Waals surface area (Å²) in [5.74, 6) is 0. The first-order valence-electron chi connectivity index (χ1n) is 6.77. The molecule has 0 heteroatoms. The van der Waals surface area contributed by atoms with Gasteiger partial charge in [0.15, 0.2) is 0 Å². The van der Waals surface area contributed by atoms with Gasteiger partial charge in [0.05, 0.1) is 0 Å². The molecule has 94 valence electrons. The van der Waals surface area contributed by atoms with Crippen LogP contribution in [0.4, 0.5) is 0 Å². The number of hydrogen-bond donors (Lipinski definition) is 0. The quantitative estimate of drug-likeness (QED) is 0.684. The van der Waals surface area contributed by atoms with Crippen molar-refractivity contribution in [3.05, 3.63) is 84.0 Å². The summed E-state index contributed by atoms with van der Waals surface area (Å²) in [6.07, 6.45) is 5.19. The van der Waals surface area contributed by atoms with Crippen LogP contribution >= 0.6 is 0 Å². The van der Waals surface area contributed by atoms with Gasteiger partial charge in [-0.1, -0.05) is 67.3 Å². The molecule has 3 rings (SSSR count). The molecule has 0 heterocycles. The average Bonchev–Trinajstić information content (AvgIpc) is 2.40. The van der Waals surface area contributed by atoms with Crippen LogP contribution < -0.4 is 0 Å². The lowest BCUT2D eigenvalue weighted by Gasteiger charge is -2.19. The van der Waals surface area contributed by atoms with E-state index in [1.165, 1.54) is 40.7 Å². The first-order chi connectivity index (χ1) is 9.26. The Hall–Kier alpha value is -2.08. The zero-order valence-corrected chi connectivity index (χ0v) is 11.2. The Morgan fingerprint density at radius 3 is 2.47 bits per heavy atom. The highest BCUT2D eigenvalue weighted by Crippen LogP contribution is 2.29. The normalized spacial score (nSPS) is 12.4. The molecule has 0 saturated carbocycles.